The summed E-state index contributed by atoms with van der Waals surface area (Å²) >= 11 is 0. The molecule has 0 atom stereocenters. The lowest BCUT2D eigenvalue weighted by Gasteiger charge is -2.00. The minimum Gasteiger partial charge on any atom is -0.494 e. The summed E-state index contributed by atoms with van der Waals surface area (Å²) in [5.74, 6) is 0.612. The van der Waals surface area contributed by atoms with Gasteiger partial charge in [-0.05, 0) is 12.1 Å². The van der Waals surface area contributed by atoms with Crippen LogP contribution in [0.1, 0.15) is 10.4 Å². The van der Waals surface area contributed by atoms with Crippen LogP contribution in [0.15, 0.2) is 18.5 Å². The summed E-state index contributed by atoms with van der Waals surface area (Å²) in [4.78, 5) is 17.5. The van der Waals surface area contributed by atoms with Crippen LogP contribution in [0.2, 0.25) is 0 Å². The quantitative estimate of drug-likeness (QED) is 0.703. The molecule has 0 spiro atoms. The fourth-order valence-corrected chi connectivity index (χ4v) is 1.26. The van der Waals surface area contributed by atoms with E-state index in [4.69, 9.17) is 4.74 Å². The maximum absolute atomic E-state index is 10.6. The van der Waals surface area contributed by atoms with Crippen molar-refractivity contribution in [2.75, 3.05) is 7.11 Å². The molecule has 1 aromatic carbocycles. The van der Waals surface area contributed by atoms with Gasteiger partial charge in [-0.1, -0.05) is 0 Å². The molecule has 0 aliphatic heterocycles. The lowest BCUT2D eigenvalue weighted by Crippen LogP contribution is -1.87. The Kier molecular flexibility index (Phi) is 1.73. The van der Waals surface area contributed by atoms with Crippen LogP contribution < -0.4 is 4.74 Å². The number of H-pyrrole nitrogens is 1. The van der Waals surface area contributed by atoms with E-state index in [9.17, 15) is 4.79 Å². The lowest BCUT2D eigenvalue weighted by atomic mass is 10.2. The third kappa shape index (κ3) is 1.16. The Morgan fingerprint density at radius 3 is 3.08 bits per heavy atom. The zero-order chi connectivity index (χ0) is 9.26. The van der Waals surface area contributed by atoms with Gasteiger partial charge in [-0.3, -0.25) is 4.79 Å². The standard InChI is InChI=1S/C9H8N2O2/c1-13-8-3-6(4-12)2-7-9(8)11-5-10-7/h2-5H,1H3,(H,10,11). The first kappa shape index (κ1) is 7.79. The van der Waals surface area contributed by atoms with Crippen molar-refractivity contribution in [1.29, 1.82) is 0 Å². The number of benzene rings is 1. The van der Waals surface area contributed by atoms with Gasteiger partial charge in [-0.25, -0.2) is 4.98 Å². The number of aromatic nitrogens is 2. The van der Waals surface area contributed by atoms with Crippen molar-refractivity contribution in [3.05, 3.63) is 24.0 Å². The van der Waals surface area contributed by atoms with Gasteiger partial charge < -0.3 is 9.72 Å². The lowest BCUT2D eigenvalue weighted by molar-refractivity contribution is 0.112. The molecule has 1 aromatic heterocycles. The fraction of sp³-hybridized carbons (Fsp3) is 0.111. The molecule has 2 aromatic rings. The van der Waals surface area contributed by atoms with Gasteiger partial charge in [0, 0.05) is 5.56 Å². The Morgan fingerprint density at radius 1 is 1.54 bits per heavy atom. The third-order valence-electron chi connectivity index (χ3n) is 1.87. The molecule has 4 heteroatoms. The first-order chi connectivity index (χ1) is 6.35. The summed E-state index contributed by atoms with van der Waals surface area (Å²) in [5, 5.41) is 0. The highest BCUT2D eigenvalue weighted by Gasteiger charge is 2.05. The van der Waals surface area contributed by atoms with Crippen molar-refractivity contribution in [2.45, 2.75) is 0 Å². The predicted octanol–water partition coefficient (Wildman–Crippen LogP) is 1.38. The van der Waals surface area contributed by atoms with Gasteiger partial charge in [0.15, 0.2) is 0 Å². The molecule has 0 bridgehead atoms. The number of imidazole rings is 1. The van der Waals surface area contributed by atoms with Crippen molar-refractivity contribution in [3.63, 3.8) is 0 Å². The van der Waals surface area contributed by atoms with Crippen LogP contribution in [-0.2, 0) is 0 Å². The molecule has 4 nitrogen and oxygen atoms in total. The van der Waals surface area contributed by atoms with Crippen LogP contribution in [0.3, 0.4) is 0 Å². The molecule has 0 saturated carbocycles. The van der Waals surface area contributed by atoms with Crippen molar-refractivity contribution in [2.24, 2.45) is 0 Å². The number of nitrogens with zero attached hydrogens (tertiary/aromatic N) is 1. The highest BCUT2D eigenvalue weighted by molar-refractivity contribution is 5.89. The fourth-order valence-electron chi connectivity index (χ4n) is 1.26. The Morgan fingerprint density at radius 2 is 2.38 bits per heavy atom. The van der Waals surface area contributed by atoms with Crippen LogP contribution in [-0.4, -0.2) is 23.4 Å². The van der Waals surface area contributed by atoms with Crippen LogP contribution in [0.5, 0.6) is 5.75 Å². The van der Waals surface area contributed by atoms with Crippen LogP contribution in [0.4, 0.5) is 0 Å². The summed E-state index contributed by atoms with van der Waals surface area (Å²) in [7, 11) is 1.55. The molecule has 0 aliphatic rings. The Bertz CT molecular complexity index is 448. The predicted molar refractivity (Wildman–Crippen MR) is 48.0 cm³/mol. The molecular weight excluding hydrogens is 168 g/mol. The number of nitrogens with one attached hydrogen (secondary N) is 1. The van der Waals surface area contributed by atoms with Gasteiger partial charge in [-0.15, -0.1) is 0 Å². The zero-order valence-electron chi connectivity index (χ0n) is 7.07. The largest absolute Gasteiger partial charge is 0.494 e. The van der Waals surface area contributed by atoms with Gasteiger partial charge in [0.25, 0.3) is 0 Å². The summed E-state index contributed by atoms with van der Waals surface area (Å²) in [6.45, 7) is 0. The highest BCUT2D eigenvalue weighted by Crippen LogP contribution is 2.23. The number of carbonyl (C=O) groups excluding carboxylic acids is 1. The number of rotatable bonds is 2. The molecule has 0 radical (unpaired) electrons. The van der Waals surface area contributed by atoms with Crippen LogP contribution in [0, 0.1) is 0 Å². The zero-order valence-corrected chi connectivity index (χ0v) is 7.07. The molecule has 66 valence electrons. The molecule has 0 fully saturated rings. The second-order valence-corrected chi connectivity index (χ2v) is 2.64. The third-order valence-corrected chi connectivity index (χ3v) is 1.87. The van der Waals surface area contributed by atoms with Gasteiger partial charge in [0.1, 0.15) is 17.6 Å². The SMILES string of the molecule is COc1cc(C=O)cc2[nH]cnc12. The number of hydrogen-bond acceptors (Lipinski definition) is 3. The van der Waals surface area contributed by atoms with Gasteiger partial charge in [-0.2, -0.15) is 0 Å². The van der Waals surface area contributed by atoms with Crippen molar-refractivity contribution < 1.29 is 9.53 Å². The van der Waals surface area contributed by atoms with E-state index in [-0.39, 0.29) is 0 Å². The van der Waals surface area contributed by atoms with Gasteiger partial charge in [0.2, 0.25) is 0 Å². The maximum atomic E-state index is 10.6. The summed E-state index contributed by atoms with van der Waals surface area (Å²) in [6, 6.07) is 3.40. The van der Waals surface area contributed by atoms with E-state index in [2.05, 4.69) is 9.97 Å². The van der Waals surface area contributed by atoms with Crippen molar-refractivity contribution >= 4 is 17.3 Å². The molecule has 0 saturated heterocycles. The normalized spacial score (nSPS) is 10.2. The number of carbonyl (C=O) groups is 1. The molecule has 1 N–H and O–H groups in total. The van der Waals surface area contributed by atoms with Gasteiger partial charge in [0.05, 0.1) is 19.0 Å². The smallest absolute Gasteiger partial charge is 0.150 e. The van der Waals surface area contributed by atoms with E-state index in [1.807, 2.05) is 0 Å². The van der Waals surface area contributed by atoms with Crippen LogP contribution >= 0.6 is 0 Å². The molecule has 0 amide bonds. The molecule has 2 rings (SSSR count). The highest BCUT2D eigenvalue weighted by atomic mass is 16.5. The number of ether oxygens (including phenoxy) is 1. The number of hydrogen-bond donors (Lipinski definition) is 1. The number of fused-ring (bicyclic) bond motifs is 1. The van der Waals surface area contributed by atoms with Crippen molar-refractivity contribution in [1.82, 2.24) is 9.97 Å². The monoisotopic (exact) mass is 176 g/mol. The second-order valence-electron chi connectivity index (χ2n) is 2.64. The summed E-state index contributed by atoms with van der Waals surface area (Å²) in [6.07, 6.45) is 2.35. The summed E-state index contributed by atoms with van der Waals surface area (Å²) < 4.78 is 5.09. The van der Waals surface area contributed by atoms with E-state index in [1.54, 1.807) is 25.6 Å². The second kappa shape index (κ2) is 2.90. The van der Waals surface area contributed by atoms with Gasteiger partial charge >= 0.3 is 0 Å². The van der Waals surface area contributed by atoms with E-state index in [1.165, 1.54) is 0 Å². The van der Waals surface area contributed by atoms with E-state index in [0.29, 0.717) is 11.3 Å². The van der Waals surface area contributed by atoms with E-state index < -0.39 is 0 Å². The Hall–Kier alpha value is -1.84. The number of methoxy groups -OCH3 is 1. The molecule has 1 heterocycles. The Labute approximate surface area is 74.5 Å². The van der Waals surface area contributed by atoms with E-state index >= 15 is 0 Å². The Balaban J connectivity index is 2.77. The molecular formula is C9H8N2O2. The number of aromatic amines is 1. The minimum atomic E-state index is 0.577. The van der Waals surface area contributed by atoms with E-state index in [0.717, 1.165) is 17.3 Å². The van der Waals surface area contributed by atoms with Crippen LogP contribution in [0.25, 0.3) is 11.0 Å². The maximum Gasteiger partial charge on any atom is 0.150 e. The minimum absolute atomic E-state index is 0.577. The number of aldehydes is 1. The first-order valence-corrected chi connectivity index (χ1v) is 3.81. The summed E-state index contributed by atoms with van der Waals surface area (Å²) in [5.41, 5.74) is 2.13. The molecule has 0 aliphatic carbocycles. The van der Waals surface area contributed by atoms with Crippen molar-refractivity contribution in [3.8, 4) is 5.75 Å². The average Bonchev–Trinajstić information content (AvgIpc) is 2.63. The average molecular weight is 176 g/mol. The molecule has 0 unspecified atom stereocenters. The molecule has 13 heavy (non-hydrogen) atoms. The topological polar surface area (TPSA) is 55.0 Å². The first-order valence-electron chi connectivity index (χ1n) is 3.81.